The Morgan fingerprint density at radius 1 is 1.36 bits per heavy atom. The van der Waals surface area contributed by atoms with E-state index in [0.29, 0.717) is 12.3 Å². The van der Waals surface area contributed by atoms with Crippen LogP contribution in [0.15, 0.2) is 18.2 Å². The number of nitrogens with zero attached hydrogens (tertiary/aromatic N) is 1. The number of rotatable bonds is 7. The van der Waals surface area contributed by atoms with Crippen molar-refractivity contribution >= 4 is 21.6 Å². The molecular weight excluding hydrogens is 304 g/mol. The molecule has 0 radical (unpaired) electrons. The lowest BCUT2D eigenvalue weighted by molar-refractivity contribution is -0.120. The van der Waals surface area contributed by atoms with Crippen molar-refractivity contribution in [2.24, 2.45) is 0 Å². The van der Waals surface area contributed by atoms with Crippen molar-refractivity contribution in [3.8, 4) is 0 Å². The zero-order valence-electron chi connectivity index (χ0n) is 13.7. The van der Waals surface area contributed by atoms with Crippen molar-refractivity contribution in [3.05, 3.63) is 29.3 Å². The second-order valence-electron chi connectivity index (χ2n) is 5.48. The van der Waals surface area contributed by atoms with Gasteiger partial charge in [0.15, 0.2) is 0 Å². The number of aryl methyl sites for hydroxylation is 2. The molecule has 0 fully saturated rings. The van der Waals surface area contributed by atoms with E-state index in [1.807, 2.05) is 26.0 Å². The summed E-state index contributed by atoms with van der Waals surface area (Å²) >= 11 is 0. The number of hydrogen-bond donors (Lipinski definition) is 1. The smallest absolute Gasteiger partial charge is 0.241 e. The molecule has 7 heteroatoms. The molecule has 124 valence electrons. The largest absolute Gasteiger partial charge is 0.383 e. The number of anilines is 1. The zero-order chi connectivity index (χ0) is 16.9. The van der Waals surface area contributed by atoms with Gasteiger partial charge in [0.2, 0.25) is 15.9 Å². The molecule has 0 saturated heterocycles. The van der Waals surface area contributed by atoms with Gasteiger partial charge in [-0.25, -0.2) is 8.42 Å². The third-order valence-corrected chi connectivity index (χ3v) is 4.27. The molecule has 0 aliphatic carbocycles. The second-order valence-corrected chi connectivity index (χ2v) is 7.39. The molecule has 22 heavy (non-hydrogen) atoms. The third kappa shape index (κ3) is 5.31. The van der Waals surface area contributed by atoms with E-state index >= 15 is 0 Å². The molecular formula is C15H24N2O4S. The minimum absolute atomic E-state index is 0.183. The summed E-state index contributed by atoms with van der Waals surface area (Å²) in [6.45, 7) is 5.61. The van der Waals surface area contributed by atoms with E-state index in [9.17, 15) is 13.2 Å². The van der Waals surface area contributed by atoms with Crippen LogP contribution in [-0.2, 0) is 19.6 Å². The summed E-state index contributed by atoms with van der Waals surface area (Å²) in [6.07, 6.45) is 1.10. The SMILES string of the molecule is COC[C@H](C)NC(=O)CN(c1cc(C)ccc1C)S(C)(=O)=O. The molecule has 0 aliphatic rings. The molecule has 1 aromatic carbocycles. The number of nitrogens with one attached hydrogen (secondary N) is 1. The Morgan fingerprint density at radius 3 is 2.55 bits per heavy atom. The van der Waals surface area contributed by atoms with Gasteiger partial charge in [-0.1, -0.05) is 12.1 Å². The van der Waals surface area contributed by atoms with Crippen LogP contribution in [0.25, 0.3) is 0 Å². The van der Waals surface area contributed by atoms with E-state index in [4.69, 9.17) is 4.74 Å². The third-order valence-electron chi connectivity index (χ3n) is 3.14. The van der Waals surface area contributed by atoms with Crippen LogP contribution in [0.4, 0.5) is 5.69 Å². The van der Waals surface area contributed by atoms with Crippen LogP contribution in [0.1, 0.15) is 18.1 Å². The van der Waals surface area contributed by atoms with Crippen molar-refractivity contribution in [2.45, 2.75) is 26.8 Å². The number of methoxy groups -OCH3 is 1. The quantitative estimate of drug-likeness (QED) is 0.816. The molecule has 0 bridgehead atoms. The maximum absolute atomic E-state index is 12.1. The first-order valence-electron chi connectivity index (χ1n) is 6.98. The average Bonchev–Trinajstić information content (AvgIpc) is 2.38. The highest BCUT2D eigenvalue weighted by Gasteiger charge is 2.23. The topological polar surface area (TPSA) is 75.7 Å². The van der Waals surface area contributed by atoms with Crippen molar-refractivity contribution < 1.29 is 17.9 Å². The number of carbonyl (C=O) groups is 1. The maximum atomic E-state index is 12.1. The normalized spacial score (nSPS) is 12.8. The van der Waals surface area contributed by atoms with Crippen LogP contribution in [0.2, 0.25) is 0 Å². The van der Waals surface area contributed by atoms with E-state index in [-0.39, 0.29) is 18.5 Å². The van der Waals surface area contributed by atoms with Crippen LogP contribution in [-0.4, -0.2) is 46.9 Å². The Hall–Kier alpha value is -1.60. The summed E-state index contributed by atoms with van der Waals surface area (Å²) in [4.78, 5) is 12.1. The van der Waals surface area contributed by atoms with E-state index < -0.39 is 10.0 Å². The molecule has 0 aromatic heterocycles. The Kier molecular flexibility index (Phi) is 6.37. The second kappa shape index (κ2) is 7.60. The maximum Gasteiger partial charge on any atom is 0.241 e. The molecule has 0 unspecified atom stereocenters. The first-order valence-corrected chi connectivity index (χ1v) is 8.83. The van der Waals surface area contributed by atoms with Crippen LogP contribution in [0.5, 0.6) is 0 Å². The van der Waals surface area contributed by atoms with Gasteiger partial charge in [-0.15, -0.1) is 0 Å². The molecule has 0 spiro atoms. The Balaban J connectivity index is 3.01. The fourth-order valence-electron chi connectivity index (χ4n) is 2.11. The molecule has 6 nitrogen and oxygen atoms in total. The summed E-state index contributed by atoms with van der Waals surface area (Å²) in [5.41, 5.74) is 2.26. The van der Waals surface area contributed by atoms with Crippen molar-refractivity contribution in [1.82, 2.24) is 5.32 Å². The first kappa shape index (κ1) is 18.4. The minimum Gasteiger partial charge on any atom is -0.383 e. The summed E-state index contributed by atoms with van der Waals surface area (Å²) in [7, 11) is -2.02. The Morgan fingerprint density at radius 2 is 2.00 bits per heavy atom. The molecule has 1 amide bonds. The standard InChI is InChI=1S/C15H24N2O4S/c1-11-6-7-12(2)14(8-11)17(22(5,19)20)9-15(18)16-13(3)10-21-4/h6-8,13H,9-10H2,1-5H3,(H,16,18)/t13-/m0/s1. The fourth-order valence-corrected chi connectivity index (χ4v) is 3.02. The number of hydrogen-bond acceptors (Lipinski definition) is 4. The van der Waals surface area contributed by atoms with Gasteiger partial charge in [-0.05, 0) is 38.0 Å². The molecule has 1 aromatic rings. The van der Waals surface area contributed by atoms with E-state index in [0.717, 1.165) is 21.7 Å². The van der Waals surface area contributed by atoms with Crippen LogP contribution in [0.3, 0.4) is 0 Å². The highest BCUT2D eigenvalue weighted by Crippen LogP contribution is 2.23. The summed E-state index contributed by atoms with van der Waals surface area (Å²) in [6, 6.07) is 5.33. The zero-order valence-corrected chi connectivity index (χ0v) is 14.5. The lowest BCUT2D eigenvalue weighted by atomic mass is 10.1. The molecule has 1 atom stereocenters. The number of ether oxygens (including phenoxy) is 1. The van der Waals surface area contributed by atoms with Gasteiger partial charge in [0.25, 0.3) is 0 Å². The van der Waals surface area contributed by atoms with Gasteiger partial charge in [0.1, 0.15) is 6.54 Å². The molecule has 1 N–H and O–H groups in total. The molecule has 0 saturated carbocycles. The number of carbonyl (C=O) groups excluding carboxylic acids is 1. The number of benzene rings is 1. The molecule has 0 aliphatic heterocycles. The molecule has 0 heterocycles. The lowest BCUT2D eigenvalue weighted by Gasteiger charge is -2.25. The van der Waals surface area contributed by atoms with Crippen LogP contribution in [0, 0.1) is 13.8 Å². The molecule has 1 rings (SSSR count). The predicted octanol–water partition coefficient (Wildman–Crippen LogP) is 1.22. The first-order chi connectivity index (χ1) is 10.1. The van der Waals surface area contributed by atoms with Crippen LogP contribution < -0.4 is 9.62 Å². The van der Waals surface area contributed by atoms with Crippen LogP contribution >= 0.6 is 0 Å². The van der Waals surface area contributed by atoms with Gasteiger partial charge in [0, 0.05) is 13.2 Å². The van der Waals surface area contributed by atoms with Gasteiger partial charge in [-0.3, -0.25) is 9.10 Å². The fraction of sp³-hybridized carbons (Fsp3) is 0.533. The summed E-state index contributed by atoms with van der Waals surface area (Å²) in [5, 5.41) is 2.72. The monoisotopic (exact) mass is 328 g/mol. The minimum atomic E-state index is -3.56. The van der Waals surface area contributed by atoms with Crippen molar-refractivity contribution in [1.29, 1.82) is 0 Å². The van der Waals surface area contributed by atoms with Crippen molar-refractivity contribution in [2.75, 3.05) is 30.8 Å². The lowest BCUT2D eigenvalue weighted by Crippen LogP contribution is -2.44. The number of sulfonamides is 1. The van der Waals surface area contributed by atoms with Gasteiger partial charge in [-0.2, -0.15) is 0 Å². The highest BCUT2D eigenvalue weighted by molar-refractivity contribution is 7.92. The summed E-state index contributed by atoms with van der Waals surface area (Å²) < 4.78 is 30.2. The number of amides is 1. The Labute approximate surface area is 132 Å². The van der Waals surface area contributed by atoms with E-state index in [2.05, 4.69) is 5.32 Å². The predicted molar refractivity (Wildman–Crippen MR) is 87.6 cm³/mol. The highest BCUT2D eigenvalue weighted by atomic mass is 32.2. The van der Waals surface area contributed by atoms with Crippen molar-refractivity contribution in [3.63, 3.8) is 0 Å². The summed E-state index contributed by atoms with van der Waals surface area (Å²) in [5.74, 6) is -0.365. The van der Waals surface area contributed by atoms with Gasteiger partial charge >= 0.3 is 0 Å². The van der Waals surface area contributed by atoms with Gasteiger partial charge < -0.3 is 10.1 Å². The Bertz CT molecular complexity index is 628. The van der Waals surface area contributed by atoms with E-state index in [1.165, 1.54) is 0 Å². The average molecular weight is 328 g/mol. The van der Waals surface area contributed by atoms with E-state index in [1.54, 1.807) is 20.1 Å². The van der Waals surface area contributed by atoms with Gasteiger partial charge in [0.05, 0.1) is 18.6 Å².